The molecule has 6 heteroatoms. The van der Waals surface area contributed by atoms with Gasteiger partial charge in [-0.15, -0.1) is 0 Å². The Morgan fingerprint density at radius 3 is 1.90 bits per heavy atom. The van der Waals surface area contributed by atoms with Crippen LogP contribution in [-0.4, -0.2) is 28.2 Å². The van der Waals surface area contributed by atoms with Crippen molar-refractivity contribution in [3.63, 3.8) is 0 Å². The largest absolute Gasteiger partial charge is 1.00 e. The molecule has 52 valence electrons. The minimum atomic E-state index is -1.29. The van der Waals surface area contributed by atoms with Gasteiger partial charge in [-0.05, 0) is 0 Å². The molecular formula is C4H7NNaO4+. The number of carboxylic acids is 2. The standard InChI is InChI=1S/C4H7NO4.Na/c5-2(4(8)9)1-3(6)7;/h2H,1,5H2,(H,6,7)(H,8,9);/q;+1/t2-;/m0./s1. The molecule has 0 aromatic heterocycles. The summed E-state index contributed by atoms with van der Waals surface area (Å²) in [5, 5.41) is 16.0. The third-order valence-electron chi connectivity index (χ3n) is 0.712. The van der Waals surface area contributed by atoms with Crippen LogP contribution in [-0.2, 0) is 9.59 Å². The van der Waals surface area contributed by atoms with Crippen molar-refractivity contribution in [1.82, 2.24) is 0 Å². The molecule has 0 heterocycles. The van der Waals surface area contributed by atoms with Crippen molar-refractivity contribution < 1.29 is 49.4 Å². The van der Waals surface area contributed by atoms with Crippen LogP contribution < -0.4 is 35.3 Å². The maximum Gasteiger partial charge on any atom is 1.00 e. The number of hydrogen-bond donors (Lipinski definition) is 3. The van der Waals surface area contributed by atoms with Gasteiger partial charge in [-0.3, -0.25) is 9.59 Å². The second-order valence-electron chi connectivity index (χ2n) is 1.54. The Morgan fingerprint density at radius 2 is 1.80 bits per heavy atom. The van der Waals surface area contributed by atoms with Crippen molar-refractivity contribution >= 4 is 11.9 Å². The van der Waals surface area contributed by atoms with Gasteiger partial charge in [0, 0.05) is 0 Å². The van der Waals surface area contributed by atoms with Gasteiger partial charge in [0.25, 0.3) is 0 Å². The molecule has 0 spiro atoms. The number of rotatable bonds is 3. The topological polar surface area (TPSA) is 101 Å². The summed E-state index contributed by atoms with van der Waals surface area (Å²) in [6, 6.07) is -1.29. The Balaban J connectivity index is 0. The summed E-state index contributed by atoms with van der Waals surface area (Å²) in [6.45, 7) is 0. The average Bonchev–Trinajstić information content (AvgIpc) is 1.63. The predicted octanol–water partition coefficient (Wildman–Crippen LogP) is -4.12. The van der Waals surface area contributed by atoms with E-state index in [0.717, 1.165) is 0 Å². The molecule has 0 bridgehead atoms. The molecular weight excluding hydrogens is 149 g/mol. The Bertz CT molecular complexity index is 137. The fourth-order valence-electron chi connectivity index (χ4n) is 0.275. The van der Waals surface area contributed by atoms with Gasteiger partial charge in [0.05, 0.1) is 6.42 Å². The molecule has 0 radical (unpaired) electrons. The number of carbonyl (C=O) groups is 2. The zero-order chi connectivity index (χ0) is 7.44. The first-order valence-corrected chi connectivity index (χ1v) is 2.24. The van der Waals surface area contributed by atoms with E-state index in [-0.39, 0.29) is 29.6 Å². The summed E-state index contributed by atoms with van der Waals surface area (Å²) >= 11 is 0. The van der Waals surface area contributed by atoms with Crippen molar-refractivity contribution in [2.45, 2.75) is 12.5 Å². The maximum absolute atomic E-state index is 9.85. The van der Waals surface area contributed by atoms with E-state index in [1.165, 1.54) is 0 Å². The SMILES string of the molecule is N[C@@H](CC(=O)O)C(=O)O.[Na+]. The molecule has 10 heavy (non-hydrogen) atoms. The summed E-state index contributed by atoms with van der Waals surface area (Å²) in [5.41, 5.74) is 4.84. The molecule has 0 saturated carbocycles. The van der Waals surface area contributed by atoms with E-state index < -0.39 is 24.4 Å². The third kappa shape index (κ3) is 6.03. The van der Waals surface area contributed by atoms with Crippen LogP contribution in [0.4, 0.5) is 0 Å². The molecule has 4 N–H and O–H groups in total. The zero-order valence-corrected chi connectivity index (χ0v) is 7.57. The number of nitrogens with two attached hydrogens (primary N) is 1. The molecule has 0 aliphatic carbocycles. The summed E-state index contributed by atoms with van der Waals surface area (Å²) in [4.78, 5) is 19.6. The molecule has 0 aromatic carbocycles. The van der Waals surface area contributed by atoms with E-state index in [0.29, 0.717) is 0 Å². The van der Waals surface area contributed by atoms with Crippen LogP contribution in [0.2, 0.25) is 0 Å². The molecule has 0 amide bonds. The van der Waals surface area contributed by atoms with Gasteiger partial charge in [0.15, 0.2) is 0 Å². The van der Waals surface area contributed by atoms with Crippen molar-refractivity contribution in [2.75, 3.05) is 0 Å². The average molecular weight is 156 g/mol. The maximum atomic E-state index is 9.85. The van der Waals surface area contributed by atoms with E-state index in [1.807, 2.05) is 0 Å². The van der Waals surface area contributed by atoms with Crippen LogP contribution in [0, 0.1) is 0 Å². The van der Waals surface area contributed by atoms with Gasteiger partial charge in [-0.25, -0.2) is 0 Å². The van der Waals surface area contributed by atoms with Crippen molar-refractivity contribution in [1.29, 1.82) is 0 Å². The Kier molecular flexibility index (Phi) is 7.12. The molecule has 0 aliphatic rings. The summed E-state index contributed by atoms with van der Waals surface area (Å²) < 4.78 is 0. The fraction of sp³-hybridized carbons (Fsp3) is 0.500. The Labute approximate surface area is 79.5 Å². The van der Waals surface area contributed by atoms with E-state index in [9.17, 15) is 9.59 Å². The number of hydrogen-bond acceptors (Lipinski definition) is 3. The molecule has 0 fully saturated rings. The third-order valence-corrected chi connectivity index (χ3v) is 0.712. The van der Waals surface area contributed by atoms with E-state index in [1.54, 1.807) is 0 Å². The first kappa shape index (κ1) is 12.6. The molecule has 1 atom stereocenters. The van der Waals surface area contributed by atoms with Crippen molar-refractivity contribution in [3.8, 4) is 0 Å². The quantitative estimate of drug-likeness (QED) is 0.360. The van der Waals surface area contributed by atoms with Crippen molar-refractivity contribution in [2.24, 2.45) is 5.73 Å². The minimum absolute atomic E-state index is 0. The van der Waals surface area contributed by atoms with Gasteiger partial charge >= 0.3 is 41.5 Å². The number of carboxylic acid groups (broad SMARTS) is 2. The molecule has 0 aromatic rings. The minimum Gasteiger partial charge on any atom is -0.481 e. The van der Waals surface area contributed by atoms with Crippen LogP contribution in [0.1, 0.15) is 6.42 Å². The summed E-state index contributed by atoms with van der Waals surface area (Å²) in [7, 11) is 0. The van der Waals surface area contributed by atoms with E-state index in [4.69, 9.17) is 15.9 Å². The molecule has 5 nitrogen and oxygen atoms in total. The van der Waals surface area contributed by atoms with Crippen LogP contribution >= 0.6 is 0 Å². The van der Waals surface area contributed by atoms with Crippen molar-refractivity contribution in [3.05, 3.63) is 0 Å². The molecule has 0 aliphatic heterocycles. The Morgan fingerprint density at radius 1 is 1.40 bits per heavy atom. The predicted molar refractivity (Wildman–Crippen MR) is 27.9 cm³/mol. The van der Waals surface area contributed by atoms with Gasteiger partial charge in [-0.1, -0.05) is 0 Å². The van der Waals surface area contributed by atoms with Gasteiger partial charge in [-0.2, -0.15) is 0 Å². The monoisotopic (exact) mass is 156 g/mol. The van der Waals surface area contributed by atoms with Crippen LogP contribution in [0.3, 0.4) is 0 Å². The number of aliphatic carboxylic acids is 2. The fourth-order valence-corrected chi connectivity index (χ4v) is 0.275. The van der Waals surface area contributed by atoms with Crippen LogP contribution in [0.5, 0.6) is 0 Å². The van der Waals surface area contributed by atoms with Gasteiger partial charge in [0.2, 0.25) is 0 Å². The molecule has 0 saturated heterocycles. The van der Waals surface area contributed by atoms with Gasteiger partial charge < -0.3 is 15.9 Å². The van der Waals surface area contributed by atoms with Crippen LogP contribution in [0.25, 0.3) is 0 Å². The summed E-state index contributed by atoms with van der Waals surface area (Å²) in [5.74, 6) is -2.50. The second-order valence-corrected chi connectivity index (χ2v) is 1.54. The zero-order valence-electron chi connectivity index (χ0n) is 5.57. The Hall–Kier alpha value is -0.100. The van der Waals surface area contributed by atoms with Crippen LogP contribution in [0.15, 0.2) is 0 Å². The van der Waals surface area contributed by atoms with E-state index in [2.05, 4.69) is 0 Å². The van der Waals surface area contributed by atoms with Gasteiger partial charge in [0.1, 0.15) is 6.04 Å². The van der Waals surface area contributed by atoms with E-state index >= 15 is 0 Å². The molecule has 0 rings (SSSR count). The smallest absolute Gasteiger partial charge is 0.481 e. The normalized spacial score (nSPS) is 11.3. The second kappa shape index (κ2) is 5.67. The molecule has 0 unspecified atom stereocenters. The summed E-state index contributed by atoms with van der Waals surface area (Å²) in [6.07, 6.45) is -0.532. The first-order chi connectivity index (χ1) is 4.04. The first-order valence-electron chi connectivity index (χ1n) is 2.24.